The number of hydrogen-bond donors (Lipinski definition) is 2. The predicted molar refractivity (Wildman–Crippen MR) is 94.2 cm³/mol. The Balaban J connectivity index is 0.00000242. The average Bonchev–Trinajstić information content (AvgIpc) is 2.86. The minimum Gasteiger partial charge on any atom is -0.328 e. The fourth-order valence-corrected chi connectivity index (χ4v) is 2.16. The van der Waals surface area contributed by atoms with Crippen molar-refractivity contribution in [2.45, 2.75) is 32.4 Å². The number of aromatic nitrogens is 2. The first-order valence-electron chi connectivity index (χ1n) is 6.85. The van der Waals surface area contributed by atoms with Gasteiger partial charge in [-0.1, -0.05) is 28.1 Å². The molecule has 1 atom stereocenters. The van der Waals surface area contributed by atoms with Crippen molar-refractivity contribution in [1.29, 1.82) is 0 Å². The summed E-state index contributed by atoms with van der Waals surface area (Å²) in [7, 11) is 0. The molecular formula is C15H20BrClN4O. The molecule has 0 spiro atoms. The highest BCUT2D eigenvalue weighted by atomic mass is 79.9. The molecule has 1 aromatic carbocycles. The molecule has 22 heavy (non-hydrogen) atoms. The van der Waals surface area contributed by atoms with Gasteiger partial charge in [-0.25, -0.2) is 4.98 Å². The summed E-state index contributed by atoms with van der Waals surface area (Å²) in [5, 5.41) is 2.83. The van der Waals surface area contributed by atoms with Gasteiger partial charge in [-0.2, -0.15) is 0 Å². The van der Waals surface area contributed by atoms with Gasteiger partial charge in [-0.3, -0.25) is 10.1 Å². The smallest absolute Gasteiger partial charge is 0.226 e. The number of nitrogens with one attached hydrogen (secondary N) is 1. The van der Waals surface area contributed by atoms with Crippen LogP contribution in [0.2, 0.25) is 0 Å². The first kappa shape index (κ1) is 18.7. The highest BCUT2D eigenvalue weighted by Gasteiger charge is 2.09. The number of carbonyl (C=O) groups excluding carboxylic acids is 1. The Kier molecular flexibility index (Phi) is 7.58. The topological polar surface area (TPSA) is 72.9 Å². The van der Waals surface area contributed by atoms with E-state index in [9.17, 15) is 4.79 Å². The first-order chi connectivity index (χ1) is 10.0. The van der Waals surface area contributed by atoms with Gasteiger partial charge in [0.1, 0.15) is 0 Å². The van der Waals surface area contributed by atoms with E-state index < -0.39 is 0 Å². The Labute approximate surface area is 144 Å². The summed E-state index contributed by atoms with van der Waals surface area (Å²) in [5.41, 5.74) is 6.79. The normalized spacial score (nSPS) is 11.6. The molecule has 7 heteroatoms. The lowest BCUT2D eigenvalue weighted by molar-refractivity contribution is -0.116. The van der Waals surface area contributed by atoms with Crippen molar-refractivity contribution in [2.75, 3.05) is 5.32 Å². The number of anilines is 1. The average molecular weight is 388 g/mol. The molecule has 2 rings (SSSR count). The second-order valence-electron chi connectivity index (χ2n) is 5.07. The summed E-state index contributed by atoms with van der Waals surface area (Å²) in [6.07, 6.45) is 4.60. The van der Waals surface area contributed by atoms with E-state index in [2.05, 4.69) is 26.2 Å². The van der Waals surface area contributed by atoms with Crippen LogP contribution in [0, 0.1) is 0 Å². The Morgan fingerprint density at radius 1 is 1.41 bits per heavy atom. The van der Waals surface area contributed by atoms with Gasteiger partial charge in [-0.15, -0.1) is 12.4 Å². The van der Waals surface area contributed by atoms with Crippen LogP contribution in [-0.2, 0) is 11.3 Å². The molecule has 0 radical (unpaired) electrons. The second-order valence-corrected chi connectivity index (χ2v) is 5.99. The summed E-state index contributed by atoms with van der Waals surface area (Å²) in [5.74, 6) is 0.503. The van der Waals surface area contributed by atoms with Crippen molar-refractivity contribution in [2.24, 2.45) is 5.73 Å². The summed E-state index contributed by atoms with van der Waals surface area (Å²) in [4.78, 5) is 16.0. The van der Waals surface area contributed by atoms with Crippen molar-refractivity contribution in [3.05, 3.63) is 46.7 Å². The van der Waals surface area contributed by atoms with Gasteiger partial charge in [0.2, 0.25) is 11.9 Å². The molecule has 0 bridgehead atoms. The van der Waals surface area contributed by atoms with Gasteiger partial charge in [-0.05, 0) is 31.0 Å². The minimum absolute atomic E-state index is 0. The molecule has 3 N–H and O–H groups in total. The third-order valence-corrected chi connectivity index (χ3v) is 3.59. The monoisotopic (exact) mass is 386 g/mol. The fraction of sp³-hybridized carbons (Fsp3) is 0.333. The number of rotatable bonds is 6. The van der Waals surface area contributed by atoms with E-state index >= 15 is 0 Å². The molecule has 0 aliphatic rings. The largest absolute Gasteiger partial charge is 0.328 e. The van der Waals surface area contributed by atoms with Crippen molar-refractivity contribution in [1.82, 2.24) is 9.55 Å². The zero-order chi connectivity index (χ0) is 15.2. The van der Waals surface area contributed by atoms with E-state index in [0.29, 0.717) is 25.3 Å². The minimum atomic E-state index is -0.0597. The Bertz CT molecular complexity index is 598. The zero-order valence-corrected chi connectivity index (χ0v) is 14.7. The lowest BCUT2D eigenvalue weighted by atomic mass is 10.2. The van der Waals surface area contributed by atoms with Crippen LogP contribution >= 0.6 is 28.3 Å². The number of hydrogen-bond acceptors (Lipinski definition) is 3. The predicted octanol–water partition coefficient (Wildman–Crippen LogP) is 3.18. The van der Waals surface area contributed by atoms with Crippen LogP contribution in [0.1, 0.15) is 25.3 Å². The second kappa shape index (κ2) is 8.92. The lowest BCUT2D eigenvalue weighted by Gasteiger charge is -2.10. The Morgan fingerprint density at radius 3 is 2.73 bits per heavy atom. The van der Waals surface area contributed by atoms with Crippen LogP contribution in [0.15, 0.2) is 41.1 Å². The number of carbonyl (C=O) groups is 1. The number of nitrogens with zero attached hydrogens (tertiary/aromatic N) is 2. The summed E-state index contributed by atoms with van der Waals surface area (Å²) < 4.78 is 2.95. The van der Waals surface area contributed by atoms with Crippen molar-refractivity contribution < 1.29 is 4.79 Å². The summed E-state index contributed by atoms with van der Waals surface area (Å²) in [6, 6.07) is 8.08. The van der Waals surface area contributed by atoms with Gasteiger partial charge in [0.25, 0.3) is 0 Å². The Morgan fingerprint density at radius 2 is 2.09 bits per heavy atom. The van der Waals surface area contributed by atoms with Crippen molar-refractivity contribution >= 4 is 40.2 Å². The zero-order valence-electron chi connectivity index (χ0n) is 12.3. The number of nitrogens with two attached hydrogens (primary N) is 1. The van der Waals surface area contributed by atoms with Crippen LogP contribution in [0.4, 0.5) is 5.95 Å². The van der Waals surface area contributed by atoms with Crippen LogP contribution in [-0.4, -0.2) is 21.5 Å². The van der Waals surface area contributed by atoms with E-state index in [-0.39, 0.29) is 24.4 Å². The Hall–Kier alpha value is -1.37. The molecule has 5 nitrogen and oxygen atoms in total. The first-order valence-corrected chi connectivity index (χ1v) is 7.65. The maximum Gasteiger partial charge on any atom is 0.226 e. The van der Waals surface area contributed by atoms with E-state index in [4.69, 9.17) is 5.73 Å². The van der Waals surface area contributed by atoms with Gasteiger partial charge < -0.3 is 10.3 Å². The lowest BCUT2D eigenvalue weighted by Crippen LogP contribution is -2.21. The van der Waals surface area contributed by atoms with Gasteiger partial charge in [0.15, 0.2) is 0 Å². The van der Waals surface area contributed by atoms with E-state index in [0.717, 1.165) is 10.0 Å². The van der Waals surface area contributed by atoms with Crippen LogP contribution < -0.4 is 11.1 Å². The van der Waals surface area contributed by atoms with Gasteiger partial charge >= 0.3 is 0 Å². The maximum absolute atomic E-state index is 11.8. The third-order valence-electron chi connectivity index (χ3n) is 3.06. The quantitative estimate of drug-likeness (QED) is 0.799. The van der Waals surface area contributed by atoms with Crippen LogP contribution in [0.3, 0.4) is 0 Å². The highest BCUT2D eigenvalue weighted by Crippen LogP contribution is 2.14. The van der Waals surface area contributed by atoms with Crippen LogP contribution in [0.25, 0.3) is 0 Å². The van der Waals surface area contributed by atoms with E-state index in [1.807, 2.05) is 42.0 Å². The molecule has 0 saturated carbocycles. The molecule has 0 saturated heterocycles. The maximum atomic E-state index is 11.8. The number of amides is 1. The summed E-state index contributed by atoms with van der Waals surface area (Å²) >= 11 is 3.41. The van der Waals surface area contributed by atoms with E-state index in [1.54, 1.807) is 6.20 Å². The highest BCUT2D eigenvalue weighted by molar-refractivity contribution is 9.10. The molecular weight excluding hydrogens is 368 g/mol. The molecule has 2 aromatic rings. The van der Waals surface area contributed by atoms with Gasteiger partial charge in [0, 0.05) is 29.3 Å². The molecule has 120 valence electrons. The molecule has 0 aliphatic heterocycles. The molecule has 0 aliphatic carbocycles. The molecule has 1 amide bonds. The molecule has 1 heterocycles. The third kappa shape index (κ3) is 5.79. The van der Waals surface area contributed by atoms with Crippen LogP contribution in [0.5, 0.6) is 0 Å². The number of benzene rings is 1. The number of halogens is 2. The van der Waals surface area contributed by atoms with Crippen molar-refractivity contribution in [3.63, 3.8) is 0 Å². The molecule has 1 unspecified atom stereocenters. The number of imidazole rings is 1. The van der Waals surface area contributed by atoms with Crippen molar-refractivity contribution in [3.8, 4) is 0 Å². The summed E-state index contributed by atoms with van der Waals surface area (Å²) in [6.45, 7) is 2.55. The SMILES string of the molecule is CC(N)CCC(=O)Nc1nccn1Cc1ccc(Br)cc1.Cl. The van der Waals surface area contributed by atoms with Gasteiger partial charge in [0.05, 0.1) is 6.54 Å². The standard InChI is InChI=1S/C15H19BrN4O.ClH/c1-11(17)2-7-14(21)19-15-18-8-9-20(15)10-12-3-5-13(16)6-4-12;/h3-6,8-9,11H,2,7,10,17H2,1H3,(H,18,19,21);1H. The molecule has 1 aromatic heterocycles. The van der Waals surface area contributed by atoms with E-state index in [1.165, 1.54) is 0 Å². The molecule has 0 fully saturated rings. The fourth-order valence-electron chi connectivity index (χ4n) is 1.89.